The van der Waals surface area contributed by atoms with Crippen molar-refractivity contribution in [3.63, 3.8) is 0 Å². The van der Waals surface area contributed by atoms with Crippen molar-refractivity contribution < 1.29 is 0 Å². The van der Waals surface area contributed by atoms with Crippen molar-refractivity contribution in [1.82, 2.24) is 4.98 Å². The van der Waals surface area contributed by atoms with Crippen LogP contribution in [0.5, 0.6) is 0 Å². The SMILES string of the molecule is CC1(C)C(Cl)CC1Nc1ccncc1. The predicted octanol–water partition coefficient (Wildman–Crippen LogP) is 2.90. The van der Waals surface area contributed by atoms with Gasteiger partial charge in [0.05, 0.1) is 0 Å². The maximum Gasteiger partial charge on any atom is 0.0426 e. The Hall–Kier alpha value is -0.760. The molecule has 0 spiro atoms. The van der Waals surface area contributed by atoms with Crippen molar-refractivity contribution in [1.29, 1.82) is 0 Å². The average molecular weight is 211 g/mol. The molecule has 14 heavy (non-hydrogen) atoms. The van der Waals surface area contributed by atoms with Crippen LogP contribution < -0.4 is 5.32 Å². The van der Waals surface area contributed by atoms with Crippen LogP contribution in [-0.2, 0) is 0 Å². The van der Waals surface area contributed by atoms with Crippen LogP contribution in [0.4, 0.5) is 5.69 Å². The van der Waals surface area contributed by atoms with E-state index in [0.717, 1.165) is 12.1 Å². The normalized spacial score (nSPS) is 29.4. The van der Waals surface area contributed by atoms with Gasteiger partial charge < -0.3 is 5.32 Å². The molecular formula is C11H15ClN2. The van der Waals surface area contributed by atoms with Gasteiger partial charge in [0.2, 0.25) is 0 Å². The lowest BCUT2D eigenvalue weighted by Gasteiger charge is -2.49. The van der Waals surface area contributed by atoms with Gasteiger partial charge >= 0.3 is 0 Å². The van der Waals surface area contributed by atoms with Crippen molar-refractivity contribution in [2.45, 2.75) is 31.7 Å². The smallest absolute Gasteiger partial charge is 0.0426 e. The van der Waals surface area contributed by atoms with Crippen LogP contribution in [0.15, 0.2) is 24.5 Å². The lowest BCUT2D eigenvalue weighted by Crippen LogP contribution is -2.54. The topological polar surface area (TPSA) is 24.9 Å². The van der Waals surface area contributed by atoms with Gasteiger partial charge in [-0.1, -0.05) is 13.8 Å². The number of halogens is 1. The molecule has 1 aromatic heterocycles. The number of alkyl halides is 1. The Bertz CT molecular complexity index is 310. The fraction of sp³-hybridized carbons (Fsp3) is 0.545. The Balaban J connectivity index is 2.01. The Labute approximate surface area is 89.7 Å². The largest absolute Gasteiger partial charge is 0.382 e. The van der Waals surface area contributed by atoms with Crippen LogP contribution in [0.2, 0.25) is 0 Å². The lowest BCUT2D eigenvalue weighted by atomic mass is 9.66. The highest BCUT2D eigenvalue weighted by atomic mass is 35.5. The molecule has 1 aliphatic carbocycles. The second-order valence-corrected chi connectivity index (χ2v) is 4.98. The van der Waals surface area contributed by atoms with Gasteiger partial charge in [-0.2, -0.15) is 0 Å². The molecule has 0 radical (unpaired) electrons. The molecule has 1 aliphatic rings. The van der Waals surface area contributed by atoms with Crippen molar-refractivity contribution in [2.24, 2.45) is 5.41 Å². The molecular weight excluding hydrogens is 196 g/mol. The lowest BCUT2D eigenvalue weighted by molar-refractivity contribution is 0.168. The molecule has 0 saturated heterocycles. The molecule has 0 bridgehead atoms. The molecule has 1 aromatic rings. The van der Waals surface area contributed by atoms with E-state index in [1.54, 1.807) is 12.4 Å². The van der Waals surface area contributed by atoms with E-state index in [0.29, 0.717) is 11.4 Å². The molecule has 1 heterocycles. The van der Waals surface area contributed by atoms with Crippen molar-refractivity contribution in [2.75, 3.05) is 5.32 Å². The Kier molecular flexibility index (Phi) is 2.40. The molecule has 3 heteroatoms. The zero-order chi connectivity index (χ0) is 10.2. The number of pyridine rings is 1. The number of nitrogens with one attached hydrogen (secondary N) is 1. The van der Waals surface area contributed by atoms with Gasteiger partial charge in [-0.25, -0.2) is 0 Å². The van der Waals surface area contributed by atoms with Crippen molar-refractivity contribution in [3.05, 3.63) is 24.5 Å². The first-order valence-electron chi connectivity index (χ1n) is 4.91. The summed E-state index contributed by atoms with van der Waals surface area (Å²) in [6.07, 6.45) is 4.63. The molecule has 2 rings (SSSR count). The Morgan fingerprint density at radius 2 is 2.07 bits per heavy atom. The first-order chi connectivity index (χ1) is 6.60. The summed E-state index contributed by atoms with van der Waals surface area (Å²) in [4.78, 5) is 3.98. The standard InChI is InChI=1S/C11H15ClN2/c1-11(2)9(12)7-10(11)14-8-3-5-13-6-4-8/h3-6,9-10H,7H2,1-2H3,(H,13,14). The zero-order valence-electron chi connectivity index (χ0n) is 8.50. The number of nitrogens with zero attached hydrogens (tertiary/aromatic N) is 1. The molecule has 2 nitrogen and oxygen atoms in total. The van der Waals surface area contributed by atoms with Crippen molar-refractivity contribution in [3.8, 4) is 0 Å². The van der Waals surface area contributed by atoms with E-state index < -0.39 is 0 Å². The highest BCUT2D eigenvalue weighted by molar-refractivity contribution is 6.21. The Morgan fingerprint density at radius 3 is 2.57 bits per heavy atom. The van der Waals surface area contributed by atoms with E-state index in [2.05, 4.69) is 24.1 Å². The summed E-state index contributed by atoms with van der Waals surface area (Å²) < 4.78 is 0. The van der Waals surface area contributed by atoms with Crippen molar-refractivity contribution >= 4 is 17.3 Å². The van der Waals surface area contributed by atoms with Crippen LogP contribution >= 0.6 is 11.6 Å². The number of aromatic nitrogens is 1. The maximum absolute atomic E-state index is 6.15. The van der Waals surface area contributed by atoms with Gasteiger partial charge in [-0.3, -0.25) is 4.98 Å². The van der Waals surface area contributed by atoms with Gasteiger partial charge in [-0.05, 0) is 18.6 Å². The number of rotatable bonds is 2. The quantitative estimate of drug-likeness (QED) is 0.760. The molecule has 0 aliphatic heterocycles. The maximum atomic E-state index is 6.15. The monoisotopic (exact) mass is 210 g/mol. The summed E-state index contributed by atoms with van der Waals surface area (Å²) in [5, 5.41) is 3.77. The Morgan fingerprint density at radius 1 is 1.43 bits per heavy atom. The van der Waals surface area contributed by atoms with Crippen LogP contribution in [0.25, 0.3) is 0 Å². The summed E-state index contributed by atoms with van der Waals surface area (Å²) in [5.74, 6) is 0. The summed E-state index contributed by atoms with van der Waals surface area (Å²) in [7, 11) is 0. The minimum absolute atomic E-state index is 0.185. The van der Waals surface area contributed by atoms with E-state index >= 15 is 0 Å². The fourth-order valence-corrected chi connectivity index (χ4v) is 2.10. The van der Waals surface area contributed by atoms with Gasteiger partial charge in [-0.15, -0.1) is 11.6 Å². The molecule has 0 aromatic carbocycles. The minimum atomic E-state index is 0.185. The van der Waals surface area contributed by atoms with Gasteiger partial charge in [0, 0.05) is 34.9 Å². The van der Waals surface area contributed by atoms with E-state index in [1.165, 1.54) is 0 Å². The summed E-state index contributed by atoms with van der Waals surface area (Å²) >= 11 is 6.15. The molecule has 2 atom stereocenters. The van der Waals surface area contributed by atoms with Gasteiger partial charge in [0.15, 0.2) is 0 Å². The third-order valence-corrected chi connectivity index (χ3v) is 3.91. The minimum Gasteiger partial charge on any atom is -0.382 e. The van der Waals surface area contributed by atoms with Crippen LogP contribution in [-0.4, -0.2) is 16.4 Å². The van der Waals surface area contributed by atoms with Gasteiger partial charge in [0.25, 0.3) is 0 Å². The molecule has 1 fully saturated rings. The molecule has 2 unspecified atom stereocenters. The summed E-state index contributed by atoms with van der Waals surface area (Å²) in [6.45, 7) is 4.40. The van der Waals surface area contributed by atoms with E-state index in [4.69, 9.17) is 11.6 Å². The van der Waals surface area contributed by atoms with E-state index in [-0.39, 0.29) is 5.41 Å². The zero-order valence-corrected chi connectivity index (χ0v) is 9.25. The second kappa shape index (κ2) is 3.43. The molecule has 1 N–H and O–H groups in total. The van der Waals surface area contributed by atoms with Crippen LogP contribution in [0, 0.1) is 5.41 Å². The van der Waals surface area contributed by atoms with Gasteiger partial charge in [0.1, 0.15) is 0 Å². The average Bonchev–Trinajstić information content (AvgIpc) is 2.19. The number of anilines is 1. The van der Waals surface area contributed by atoms with Crippen LogP contribution in [0.1, 0.15) is 20.3 Å². The fourth-order valence-electron chi connectivity index (χ4n) is 1.77. The highest BCUT2D eigenvalue weighted by Crippen LogP contribution is 2.45. The first kappa shape index (κ1) is 9.78. The third-order valence-electron chi connectivity index (χ3n) is 3.17. The third kappa shape index (κ3) is 1.59. The van der Waals surface area contributed by atoms with Crippen LogP contribution in [0.3, 0.4) is 0 Å². The second-order valence-electron chi connectivity index (χ2n) is 4.46. The summed E-state index contributed by atoms with van der Waals surface area (Å²) in [6, 6.07) is 4.45. The van der Waals surface area contributed by atoms with E-state index in [1.807, 2.05) is 12.1 Å². The molecule has 1 saturated carbocycles. The molecule has 76 valence electrons. The number of hydrogen-bond donors (Lipinski definition) is 1. The predicted molar refractivity (Wildman–Crippen MR) is 59.7 cm³/mol. The van der Waals surface area contributed by atoms with E-state index in [9.17, 15) is 0 Å². The number of hydrogen-bond acceptors (Lipinski definition) is 2. The first-order valence-corrected chi connectivity index (χ1v) is 5.35. The molecule has 0 amide bonds. The summed E-state index contributed by atoms with van der Waals surface area (Å²) in [5.41, 5.74) is 1.31. The highest BCUT2D eigenvalue weighted by Gasteiger charge is 2.46.